The van der Waals surface area contributed by atoms with Crippen LogP contribution in [0.25, 0.3) is 0 Å². The summed E-state index contributed by atoms with van der Waals surface area (Å²) in [4.78, 5) is 25.4. The number of aryl methyl sites for hydroxylation is 1. The van der Waals surface area contributed by atoms with Gasteiger partial charge in [-0.05, 0) is 44.1 Å². The summed E-state index contributed by atoms with van der Waals surface area (Å²) in [6.07, 6.45) is 3.68. The molecule has 0 radical (unpaired) electrons. The highest BCUT2D eigenvalue weighted by atomic mass is 16.4. The number of benzene rings is 1. The summed E-state index contributed by atoms with van der Waals surface area (Å²) in [7, 11) is 0. The third kappa shape index (κ3) is 3.84. The van der Waals surface area contributed by atoms with Gasteiger partial charge in [0.2, 0.25) is 0 Å². The quantitative estimate of drug-likeness (QED) is 0.897. The molecular weight excluding hydrogens is 292 g/mol. The minimum absolute atomic E-state index is 0.0355. The maximum absolute atomic E-state index is 12.6. The Bertz CT molecular complexity index is 580. The number of piperidine rings is 1. The molecule has 1 saturated heterocycles. The molecule has 0 aromatic heterocycles. The largest absolute Gasteiger partial charge is 0.481 e. The zero-order valence-corrected chi connectivity index (χ0v) is 13.5. The second kappa shape index (κ2) is 6.60. The van der Waals surface area contributed by atoms with E-state index in [0.717, 1.165) is 24.8 Å². The zero-order chi connectivity index (χ0) is 16.4. The first-order chi connectivity index (χ1) is 11.0. The monoisotopic (exact) mass is 316 g/mol. The van der Waals surface area contributed by atoms with Crippen LogP contribution in [0.3, 0.4) is 0 Å². The predicted molar refractivity (Wildman–Crippen MR) is 87.1 cm³/mol. The van der Waals surface area contributed by atoms with Crippen LogP contribution in [-0.4, -0.2) is 35.1 Å². The van der Waals surface area contributed by atoms with Gasteiger partial charge in [0.1, 0.15) is 0 Å². The highest BCUT2D eigenvalue weighted by Gasteiger charge is 2.35. The van der Waals surface area contributed by atoms with E-state index in [1.807, 2.05) is 6.92 Å². The molecule has 0 spiro atoms. The van der Waals surface area contributed by atoms with Crippen molar-refractivity contribution in [1.82, 2.24) is 10.2 Å². The Hall–Kier alpha value is -2.04. The van der Waals surface area contributed by atoms with E-state index in [0.29, 0.717) is 25.4 Å². The molecule has 23 heavy (non-hydrogen) atoms. The Labute approximate surface area is 136 Å². The van der Waals surface area contributed by atoms with Crippen LogP contribution in [0.4, 0.5) is 4.79 Å². The highest BCUT2D eigenvalue weighted by Crippen LogP contribution is 2.41. The number of carboxylic acids is 1. The van der Waals surface area contributed by atoms with Gasteiger partial charge >= 0.3 is 12.0 Å². The normalized spacial score (nSPS) is 22.5. The average Bonchev–Trinajstić information content (AvgIpc) is 3.38. The van der Waals surface area contributed by atoms with Gasteiger partial charge in [-0.3, -0.25) is 4.79 Å². The second-order valence-corrected chi connectivity index (χ2v) is 6.80. The van der Waals surface area contributed by atoms with Crippen molar-refractivity contribution in [2.24, 2.45) is 11.8 Å². The van der Waals surface area contributed by atoms with Gasteiger partial charge in [-0.15, -0.1) is 0 Å². The number of carboxylic acid groups (broad SMARTS) is 1. The molecule has 2 N–H and O–H groups in total. The molecular formula is C18H24N2O3. The molecule has 2 amide bonds. The molecule has 5 nitrogen and oxygen atoms in total. The molecule has 124 valence electrons. The molecule has 2 fully saturated rings. The van der Waals surface area contributed by atoms with E-state index in [1.54, 1.807) is 4.90 Å². The molecule has 1 aromatic rings. The molecule has 3 rings (SSSR count). The van der Waals surface area contributed by atoms with Crippen LogP contribution in [-0.2, 0) is 4.79 Å². The van der Waals surface area contributed by atoms with Gasteiger partial charge in [-0.1, -0.05) is 29.8 Å². The van der Waals surface area contributed by atoms with Crippen LogP contribution in [0, 0.1) is 18.8 Å². The summed E-state index contributed by atoms with van der Waals surface area (Å²) >= 11 is 0. The van der Waals surface area contributed by atoms with Gasteiger partial charge in [-0.25, -0.2) is 4.79 Å². The number of likely N-dealkylation sites (tertiary alicyclic amines) is 1. The van der Waals surface area contributed by atoms with E-state index in [9.17, 15) is 9.59 Å². The topological polar surface area (TPSA) is 69.6 Å². The van der Waals surface area contributed by atoms with Crippen LogP contribution in [0.15, 0.2) is 24.3 Å². The van der Waals surface area contributed by atoms with Crippen molar-refractivity contribution < 1.29 is 14.7 Å². The molecule has 1 aromatic carbocycles. The fourth-order valence-electron chi connectivity index (χ4n) is 3.26. The minimum atomic E-state index is -0.806. The lowest BCUT2D eigenvalue weighted by Gasteiger charge is -2.32. The van der Waals surface area contributed by atoms with Crippen molar-refractivity contribution in [3.05, 3.63) is 35.4 Å². The highest BCUT2D eigenvalue weighted by molar-refractivity contribution is 5.77. The lowest BCUT2D eigenvalue weighted by Crippen LogP contribution is -2.48. The molecule has 1 aliphatic heterocycles. The molecule has 2 atom stereocenters. The Kier molecular flexibility index (Phi) is 4.55. The number of carbonyl (C=O) groups excluding carboxylic acids is 1. The van der Waals surface area contributed by atoms with Crippen molar-refractivity contribution in [3.8, 4) is 0 Å². The third-order valence-corrected chi connectivity index (χ3v) is 4.87. The predicted octanol–water partition coefficient (Wildman–Crippen LogP) is 2.95. The van der Waals surface area contributed by atoms with Crippen LogP contribution < -0.4 is 5.32 Å². The van der Waals surface area contributed by atoms with E-state index >= 15 is 0 Å². The summed E-state index contributed by atoms with van der Waals surface area (Å²) in [5.74, 6) is -0.741. The van der Waals surface area contributed by atoms with E-state index in [1.165, 1.54) is 5.56 Å². The number of nitrogens with one attached hydrogen (secondary N) is 1. The number of rotatable bonds is 4. The third-order valence-electron chi connectivity index (χ3n) is 4.87. The molecule has 1 aliphatic carbocycles. The van der Waals surface area contributed by atoms with Crippen molar-refractivity contribution in [2.45, 2.75) is 38.6 Å². The number of aliphatic carboxylic acids is 1. The van der Waals surface area contributed by atoms with Crippen LogP contribution in [0.5, 0.6) is 0 Å². The molecule has 1 saturated carbocycles. The van der Waals surface area contributed by atoms with Gasteiger partial charge in [-0.2, -0.15) is 0 Å². The fourth-order valence-corrected chi connectivity index (χ4v) is 3.26. The number of amides is 2. The number of carbonyl (C=O) groups is 2. The van der Waals surface area contributed by atoms with Crippen molar-refractivity contribution in [3.63, 3.8) is 0 Å². The van der Waals surface area contributed by atoms with Crippen LogP contribution in [0.2, 0.25) is 0 Å². The van der Waals surface area contributed by atoms with Crippen molar-refractivity contribution in [1.29, 1.82) is 0 Å². The molecule has 0 bridgehead atoms. The number of hydrogen-bond acceptors (Lipinski definition) is 2. The van der Waals surface area contributed by atoms with E-state index in [2.05, 4.69) is 29.6 Å². The Morgan fingerprint density at radius 2 is 1.91 bits per heavy atom. The zero-order valence-electron chi connectivity index (χ0n) is 13.5. The summed E-state index contributed by atoms with van der Waals surface area (Å²) in [5, 5.41) is 12.3. The smallest absolute Gasteiger partial charge is 0.317 e. The summed E-state index contributed by atoms with van der Waals surface area (Å²) < 4.78 is 0. The maximum atomic E-state index is 12.6. The number of urea groups is 1. The van der Waals surface area contributed by atoms with Gasteiger partial charge in [0.25, 0.3) is 0 Å². The summed E-state index contributed by atoms with van der Waals surface area (Å²) in [6, 6.07) is 8.20. The van der Waals surface area contributed by atoms with Crippen molar-refractivity contribution >= 4 is 12.0 Å². The summed E-state index contributed by atoms with van der Waals surface area (Å²) in [5.41, 5.74) is 2.34. The van der Waals surface area contributed by atoms with Crippen molar-refractivity contribution in [2.75, 3.05) is 13.1 Å². The first-order valence-corrected chi connectivity index (χ1v) is 8.39. The van der Waals surface area contributed by atoms with Gasteiger partial charge in [0, 0.05) is 13.1 Å². The lowest BCUT2D eigenvalue weighted by atomic mass is 9.98. The Balaban J connectivity index is 1.66. The number of nitrogens with zero attached hydrogens (tertiary/aromatic N) is 1. The lowest BCUT2D eigenvalue weighted by molar-refractivity contribution is -0.143. The SMILES string of the molecule is Cc1ccc(C(NC(=O)N2CCCC(C(=O)O)C2)C2CC2)cc1. The van der Waals surface area contributed by atoms with E-state index in [-0.39, 0.29) is 12.1 Å². The Morgan fingerprint density at radius 3 is 2.52 bits per heavy atom. The van der Waals surface area contributed by atoms with Crippen LogP contribution in [0.1, 0.15) is 42.9 Å². The van der Waals surface area contributed by atoms with Gasteiger partial charge in [0.15, 0.2) is 0 Å². The first-order valence-electron chi connectivity index (χ1n) is 8.39. The molecule has 1 heterocycles. The second-order valence-electron chi connectivity index (χ2n) is 6.80. The standard InChI is InChI=1S/C18H24N2O3/c1-12-4-6-13(7-5-12)16(14-8-9-14)19-18(23)20-10-2-3-15(11-20)17(21)22/h4-7,14-16H,2-3,8-11H2,1H3,(H,19,23)(H,21,22). The molecule has 2 unspecified atom stereocenters. The van der Waals surface area contributed by atoms with E-state index in [4.69, 9.17) is 5.11 Å². The van der Waals surface area contributed by atoms with Gasteiger partial charge in [0.05, 0.1) is 12.0 Å². The molecule has 2 aliphatic rings. The number of hydrogen-bond donors (Lipinski definition) is 2. The average molecular weight is 316 g/mol. The van der Waals surface area contributed by atoms with E-state index < -0.39 is 11.9 Å². The fraction of sp³-hybridized carbons (Fsp3) is 0.556. The van der Waals surface area contributed by atoms with Crippen LogP contribution >= 0.6 is 0 Å². The van der Waals surface area contributed by atoms with Gasteiger partial charge < -0.3 is 15.3 Å². The minimum Gasteiger partial charge on any atom is -0.481 e. The summed E-state index contributed by atoms with van der Waals surface area (Å²) in [6.45, 7) is 3.00. The first kappa shape index (κ1) is 15.8. The Morgan fingerprint density at radius 1 is 1.22 bits per heavy atom. The maximum Gasteiger partial charge on any atom is 0.317 e. The molecule has 5 heteroatoms.